The van der Waals surface area contributed by atoms with E-state index in [4.69, 9.17) is 5.11 Å². The molecule has 64 valence electrons. The van der Waals surface area contributed by atoms with Crippen LogP contribution in [0, 0.1) is 5.41 Å². The minimum atomic E-state index is -0.707. The number of carbonyl (C=O) groups is 1. The molecule has 0 amide bonds. The SMILES string of the molecule is C=CCCC(C)(CC)C(=O)O. The first-order chi connectivity index (χ1) is 5.06. The predicted molar refractivity (Wildman–Crippen MR) is 45.5 cm³/mol. The molecule has 0 aromatic heterocycles. The summed E-state index contributed by atoms with van der Waals surface area (Å²) in [7, 11) is 0. The van der Waals surface area contributed by atoms with E-state index in [0.29, 0.717) is 12.8 Å². The van der Waals surface area contributed by atoms with Gasteiger partial charge >= 0.3 is 5.97 Å². The molecule has 0 aliphatic heterocycles. The Morgan fingerprint density at radius 1 is 1.73 bits per heavy atom. The molecule has 0 heterocycles. The van der Waals surface area contributed by atoms with Gasteiger partial charge in [-0.3, -0.25) is 4.79 Å². The van der Waals surface area contributed by atoms with Crippen molar-refractivity contribution < 1.29 is 9.90 Å². The van der Waals surface area contributed by atoms with Gasteiger partial charge in [-0.25, -0.2) is 0 Å². The topological polar surface area (TPSA) is 37.3 Å². The lowest BCUT2D eigenvalue weighted by atomic mass is 9.83. The molecule has 0 radical (unpaired) electrons. The highest BCUT2D eigenvalue weighted by Crippen LogP contribution is 2.27. The fraction of sp³-hybridized carbons (Fsp3) is 0.667. The summed E-state index contributed by atoms with van der Waals surface area (Å²) >= 11 is 0. The highest BCUT2D eigenvalue weighted by molar-refractivity contribution is 5.73. The summed E-state index contributed by atoms with van der Waals surface area (Å²) in [5, 5.41) is 8.82. The second kappa shape index (κ2) is 4.16. The molecular formula is C9H16O2. The lowest BCUT2D eigenvalue weighted by molar-refractivity contribution is -0.148. The lowest BCUT2D eigenvalue weighted by Crippen LogP contribution is -2.26. The molecule has 1 N–H and O–H groups in total. The first kappa shape index (κ1) is 10.2. The minimum absolute atomic E-state index is 0.561. The normalized spacial score (nSPS) is 15.5. The van der Waals surface area contributed by atoms with Crippen molar-refractivity contribution in [1.29, 1.82) is 0 Å². The molecule has 0 aromatic rings. The van der Waals surface area contributed by atoms with Gasteiger partial charge in [0.15, 0.2) is 0 Å². The van der Waals surface area contributed by atoms with Crippen LogP contribution in [0.4, 0.5) is 0 Å². The quantitative estimate of drug-likeness (QED) is 0.621. The van der Waals surface area contributed by atoms with Gasteiger partial charge in [-0.15, -0.1) is 6.58 Å². The van der Waals surface area contributed by atoms with Gasteiger partial charge in [-0.2, -0.15) is 0 Å². The zero-order valence-electron chi connectivity index (χ0n) is 7.26. The van der Waals surface area contributed by atoms with Crippen molar-refractivity contribution in [3.8, 4) is 0 Å². The van der Waals surface area contributed by atoms with Crippen LogP contribution < -0.4 is 0 Å². The number of rotatable bonds is 5. The van der Waals surface area contributed by atoms with Gasteiger partial charge in [-0.1, -0.05) is 13.0 Å². The fourth-order valence-corrected chi connectivity index (χ4v) is 0.856. The average molecular weight is 156 g/mol. The molecule has 11 heavy (non-hydrogen) atoms. The fourth-order valence-electron chi connectivity index (χ4n) is 0.856. The molecule has 2 heteroatoms. The zero-order chi connectivity index (χ0) is 8.91. The second-order valence-corrected chi connectivity index (χ2v) is 3.05. The first-order valence-electron chi connectivity index (χ1n) is 3.91. The average Bonchev–Trinajstić information content (AvgIpc) is 2.00. The third-order valence-corrected chi connectivity index (χ3v) is 2.20. The first-order valence-corrected chi connectivity index (χ1v) is 3.91. The minimum Gasteiger partial charge on any atom is -0.481 e. The van der Waals surface area contributed by atoms with Gasteiger partial charge in [0.1, 0.15) is 0 Å². The molecule has 0 saturated heterocycles. The summed E-state index contributed by atoms with van der Waals surface area (Å²) in [5.41, 5.74) is -0.561. The number of hydrogen-bond donors (Lipinski definition) is 1. The van der Waals surface area contributed by atoms with E-state index < -0.39 is 11.4 Å². The maximum Gasteiger partial charge on any atom is 0.309 e. The van der Waals surface area contributed by atoms with Crippen LogP contribution in [-0.2, 0) is 4.79 Å². The van der Waals surface area contributed by atoms with Gasteiger partial charge in [0.05, 0.1) is 5.41 Å². The van der Waals surface area contributed by atoms with Crippen LogP contribution in [0.1, 0.15) is 33.1 Å². The maximum atomic E-state index is 10.7. The van der Waals surface area contributed by atoms with Crippen LogP contribution in [0.25, 0.3) is 0 Å². The summed E-state index contributed by atoms with van der Waals surface area (Å²) in [6, 6.07) is 0. The van der Waals surface area contributed by atoms with Crippen LogP contribution in [0.5, 0.6) is 0 Å². The second-order valence-electron chi connectivity index (χ2n) is 3.05. The Kier molecular flexibility index (Phi) is 3.86. The molecular weight excluding hydrogens is 140 g/mol. The number of hydrogen-bond acceptors (Lipinski definition) is 1. The van der Waals surface area contributed by atoms with Crippen molar-refractivity contribution in [3.63, 3.8) is 0 Å². The number of aliphatic carboxylic acids is 1. The van der Waals surface area contributed by atoms with E-state index in [1.54, 1.807) is 13.0 Å². The van der Waals surface area contributed by atoms with E-state index in [1.165, 1.54) is 0 Å². The molecule has 2 nitrogen and oxygen atoms in total. The molecule has 1 unspecified atom stereocenters. The van der Waals surface area contributed by atoms with Crippen LogP contribution in [0.3, 0.4) is 0 Å². The monoisotopic (exact) mass is 156 g/mol. The molecule has 0 fully saturated rings. The van der Waals surface area contributed by atoms with Crippen molar-refractivity contribution in [2.24, 2.45) is 5.41 Å². The number of allylic oxidation sites excluding steroid dienone is 1. The highest BCUT2D eigenvalue weighted by Gasteiger charge is 2.29. The largest absolute Gasteiger partial charge is 0.481 e. The van der Waals surface area contributed by atoms with E-state index in [1.807, 2.05) is 6.92 Å². The van der Waals surface area contributed by atoms with E-state index in [9.17, 15) is 4.79 Å². The summed E-state index contributed by atoms with van der Waals surface area (Å²) < 4.78 is 0. The molecule has 0 spiro atoms. The van der Waals surface area contributed by atoms with E-state index in [0.717, 1.165) is 6.42 Å². The summed E-state index contributed by atoms with van der Waals surface area (Å²) in [4.78, 5) is 10.7. The molecule has 0 saturated carbocycles. The van der Waals surface area contributed by atoms with E-state index >= 15 is 0 Å². The Bertz CT molecular complexity index is 152. The maximum absolute atomic E-state index is 10.7. The van der Waals surface area contributed by atoms with Gasteiger partial charge in [0.2, 0.25) is 0 Å². The van der Waals surface area contributed by atoms with Crippen molar-refractivity contribution in [2.75, 3.05) is 0 Å². The molecule has 0 aliphatic carbocycles. The van der Waals surface area contributed by atoms with Crippen LogP contribution in [0.2, 0.25) is 0 Å². The predicted octanol–water partition coefficient (Wildman–Crippen LogP) is 2.45. The molecule has 1 atom stereocenters. The van der Waals surface area contributed by atoms with Gasteiger partial charge in [-0.05, 0) is 26.2 Å². The summed E-state index contributed by atoms with van der Waals surface area (Å²) in [5.74, 6) is -0.707. The van der Waals surface area contributed by atoms with Crippen molar-refractivity contribution in [2.45, 2.75) is 33.1 Å². The molecule has 0 bridgehead atoms. The van der Waals surface area contributed by atoms with E-state index in [2.05, 4.69) is 6.58 Å². The molecule has 0 aliphatic rings. The Morgan fingerprint density at radius 2 is 2.27 bits per heavy atom. The number of carboxylic acid groups (broad SMARTS) is 1. The van der Waals surface area contributed by atoms with Crippen LogP contribution in [0.15, 0.2) is 12.7 Å². The summed E-state index contributed by atoms with van der Waals surface area (Å²) in [6.07, 6.45) is 3.89. The highest BCUT2D eigenvalue weighted by atomic mass is 16.4. The third-order valence-electron chi connectivity index (χ3n) is 2.20. The van der Waals surface area contributed by atoms with Crippen molar-refractivity contribution in [3.05, 3.63) is 12.7 Å². The van der Waals surface area contributed by atoms with Crippen LogP contribution in [-0.4, -0.2) is 11.1 Å². The lowest BCUT2D eigenvalue weighted by Gasteiger charge is -2.21. The Morgan fingerprint density at radius 3 is 2.55 bits per heavy atom. The Labute approximate surface area is 67.9 Å². The Hall–Kier alpha value is -0.790. The summed E-state index contributed by atoms with van der Waals surface area (Å²) in [6.45, 7) is 7.24. The zero-order valence-corrected chi connectivity index (χ0v) is 7.26. The third kappa shape index (κ3) is 2.74. The van der Waals surface area contributed by atoms with Crippen LogP contribution >= 0.6 is 0 Å². The van der Waals surface area contributed by atoms with Crippen molar-refractivity contribution in [1.82, 2.24) is 0 Å². The Balaban J connectivity index is 4.09. The van der Waals surface area contributed by atoms with Crippen molar-refractivity contribution >= 4 is 5.97 Å². The van der Waals surface area contributed by atoms with Gasteiger partial charge in [0, 0.05) is 0 Å². The van der Waals surface area contributed by atoms with Gasteiger partial charge < -0.3 is 5.11 Å². The van der Waals surface area contributed by atoms with Gasteiger partial charge in [0.25, 0.3) is 0 Å². The number of carboxylic acids is 1. The smallest absolute Gasteiger partial charge is 0.309 e. The standard InChI is InChI=1S/C9H16O2/c1-4-6-7-9(3,5-2)8(10)11/h4H,1,5-7H2,2-3H3,(H,10,11). The molecule has 0 aromatic carbocycles. The molecule has 0 rings (SSSR count). The van der Waals surface area contributed by atoms with E-state index in [-0.39, 0.29) is 0 Å².